The molecule has 0 fully saturated rings. The molecule has 0 spiro atoms. The number of carbonyl (C=O) groups excluding carboxylic acids is 2. The van der Waals surface area contributed by atoms with E-state index in [0.29, 0.717) is 21.9 Å². The third-order valence-corrected chi connectivity index (χ3v) is 4.04. The second-order valence-corrected chi connectivity index (χ2v) is 5.79. The lowest BCUT2D eigenvalue weighted by Gasteiger charge is -2.07. The van der Waals surface area contributed by atoms with Crippen molar-refractivity contribution in [2.24, 2.45) is 0 Å². The Labute approximate surface area is 138 Å². The van der Waals surface area contributed by atoms with Crippen LogP contribution in [0.5, 0.6) is 0 Å². The van der Waals surface area contributed by atoms with Crippen LogP contribution in [-0.2, 0) is 9.53 Å². The number of thioether (sulfide) groups is 1. The lowest BCUT2D eigenvalue weighted by molar-refractivity contribution is -0.115. The van der Waals surface area contributed by atoms with E-state index in [2.05, 4.69) is 10.1 Å². The van der Waals surface area contributed by atoms with Crippen LogP contribution in [0, 0.1) is 5.82 Å². The number of methoxy groups -OCH3 is 1. The number of amides is 1. The molecular formula is C17H16FNO3S. The normalized spacial score (nSPS) is 10.2. The number of halogens is 1. The molecule has 0 atom stereocenters. The first kappa shape index (κ1) is 17.0. The van der Waals surface area contributed by atoms with Gasteiger partial charge >= 0.3 is 5.97 Å². The number of benzene rings is 2. The summed E-state index contributed by atoms with van der Waals surface area (Å²) in [6.45, 7) is 0. The van der Waals surface area contributed by atoms with Crippen molar-refractivity contribution >= 4 is 29.3 Å². The highest BCUT2D eigenvalue weighted by Crippen LogP contribution is 2.22. The van der Waals surface area contributed by atoms with E-state index in [0.717, 1.165) is 0 Å². The van der Waals surface area contributed by atoms with Crippen molar-refractivity contribution in [1.29, 1.82) is 0 Å². The van der Waals surface area contributed by atoms with Crippen LogP contribution in [0.2, 0.25) is 0 Å². The maximum atomic E-state index is 13.4. The van der Waals surface area contributed by atoms with Crippen molar-refractivity contribution in [3.8, 4) is 0 Å². The van der Waals surface area contributed by atoms with Gasteiger partial charge in [-0.15, -0.1) is 11.8 Å². The lowest BCUT2D eigenvalue weighted by Crippen LogP contribution is -2.13. The minimum absolute atomic E-state index is 0.198. The van der Waals surface area contributed by atoms with Gasteiger partial charge in [-0.25, -0.2) is 9.18 Å². The van der Waals surface area contributed by atoms with Crippen molar-refractivity contribution in [1.82, 2.24) is 0 Å². The number of hydrogen-bond donors (Lipinski definition) is 1. The molecule has 0 unspecified atom stereocenters. The Morgan fingerprint density at radius 3 is 2.70 bits per heavy atom. The van der Waals surface area contributed by atoms with Crippen LogP contribution in [0.4, 0.5) is 10.1 Å². The highest BCUT2D eigenvalue weighted by Gasteiger charge is 2.08. The van der Waals surface area contributed by atoms with Crippen LogP contribution in [0.15, 0.2) is 53.4 Å². The molecule has 6 heteroatoms. The Morgan fingerprint density at radius 2 is 1.96 bits per heavy atom. The molecule has 0 bridgehead atoms. The van der Waals surface area contributed by atoms with Gasteiger partial charge in [-0.1, -0.05) is 18.2 Å². The van der Waals surface area contributed by atoms with Gasteiger partial charge in [0.15, 0.2) is 0 Å². The van der Waals surface area contributed by atoms with Gasteiger partial charge in [0.1, 0.15) is 5.82 Å². The van der Waals surface area contributed by atoms with Gasteiger partial charge in [0.25, 0.3) is 0 Å². The zero-order chi connectivity index (χ0) is 16.7. The van der Waals surface area contributed by atoms with Crippen LogP contribution >= 0.6 is 11.8 Å². The quantitative estimate of drug-likeness (QED) is 0.646. The van der Waals surface area contributed by atoms with Gasteiger partial charge in [0, 0.05) is 22.8 Å². The molecular weight excluding hydrogens is 317 g/mol. The Hall–Kier alpha value is -2.34. The van der Waals surface area contributed by atoms with Crippen molar-refractivity contribution < 1.29 is 18.7 Å². The van der Waals surface area contributed by atoms with E-state index < -0.39 is 5.97 Å². The van der Waals surface area contributed by atoms with Crippen molar-refractivity contribution in [3.63, 3.8) is 0 Å². The fourth-order valence-corrected chi connectivity index (χ4v) is 2.77. The third kappa shape index (κ3) is 5.10. The summed E-state index contributed by atoms with van der Waals surface area (Å²) in [4.78, 5) is 23.9. The molecule has 0 aliphatic carbocycles. The molecule has 0 heterocycles. The first-order chi connectivity index (χ1) is 11.1. The summed E-state index contributed by atoms with van der Waals surface area (Å²) in [7, 11) is 1.30. The van der Waals surface area contributed by atoms with Crippen LogP contribution in [-0.4, -0.2) is 24.7 Å². The molecule has 2 rings (SSSR count). The number of esters is 1. The standard InChI is InChI=1S/C17H16FNO3S/c1-22-17(21)12-5-4-6-13(11-12)19-16(20)9-10-23-15-8-3-2-7-14(15)18/h2-8,11H,9-10H2,1H3,(H,19,20). The average molecular weight is 333 g/mol. The van der Waals surface area contributed by atoms with Gasteiger partial charge in [-0.2, -0.15) is 0 Å². The van der Waals surface area contributed by atoms with Crippen LogP contribution in [0.25, 0.3) is 0 Å². The Bertz CT molecular complexity index is 706. The topological polar surface area (TPSA) is 55.4 Å². The van der Waals surface area contributed by atoms with Crippen LogP contribution in [0.1, 0.15) is 16.8 Å². The minimum atomic E-state index is -0.462. The molecule has 1 N–H and O–H groups in total. The van der Waals surface area contributed by atoms with E-state index in [9.17, 15) is 14.0 Å². The third-order valence-electron chi connectivity index (χ3n) is 2.99. The fraction of sp³-hybridized carbons (Fsp3) is 0.176. The molecule has 23 heavy (non-hydrogen) atoms. The summed E-state index contributed by atoms with van der Waals surface area (Å²) in [5.41, 5.74) is 0.889. The molecule has 2 aromatic carbocycles. The van der Waals surface area contributed by atoms with E-state index in [1.807, 2.05) is 0 Å². The van der Waals surface area contributed by atoms with E-state index in [4.69, 9.17) is 0 Å². The maximum absolute atomic E-state index is 13.4. The molecule has 4 nitrogen and oxygen atoms in total. The van der Waals surface area contributed by atoms with Crippen molar-refractivity contribution in [3.05, 3.63) is 59.9 Å². The van der Waals surface area contributed by atoms with E-state index in [1.54, 1.807) is 42.5 Å². The number of rotatable bonds is 6. The van der Waals surface area contributed by atoms with Crippen LogP contribution < -0.4 is 5.32 Å². The highest BCUT2D eigenvalue weighted by atomic mass is 32.2. The first-order valence-electron chi connectivity index (χ1n) is 6.95. The molecule has 0 radical (unpaired) electrons. The van der Waals surface area contributed by atoms with Gasteiger partial charge in [-0.3, -0.25) is 4.79 Å². The molecule has 0 saturated heterocycles. The molecule has 0 saturated carbocycles. The molecule has 2 aromatic rings. The average Bonchev–Trinajstić information content (AvgIpc) is 2.56. The second-order valence-electron chi connectivity index (χ2n) is 4.65. The second kappa shape index (κ2) is 8.33. The largest absolute Gasteiger partial charge is 0.465 e. The number of anilines is 1. The monoisotopic (exact) mass is 333 g/mol. The van der Waals surface area contributed by atoms with Crippen molar-refractivity contribution in [2.75, 3.05) is 18.2 Å². The number of ether oxygens (including phenoxy) is 1. The summed E-state index contributed by atoms with van der Waals surface area (Å²) in [5, 5.41) is 2.71. The number of carbonyl (C=O) groups is 2. The van der Waals surface area contributed by atoms with Crippen molar-refractivity contribution in [2.45, 2.75) is 11.3 Å². The van der Waals surface area contributed by atoms with Gasteiger partial charge in [-0.05, 0) is 30.3 Å². The predicted octanol–water partition coefficient (Wildman–Crippen LogP) is 3.73. The summed E-state index contributed by atoms with van der Waals surface area (Å²) < 4.78 is 18.1. The Kier molecular flexibility index (Phi) is 6.17. The maximum Gasteiger partial charge on any atom is 0.337 e. The summed E-state index contributed by atoms with van der Waals surface area (Å²) in [5.74, 6) is -0.487. The molecule has 0 aliphatic heterocycles. The highest BCUT2D eigenvalue weighted by molar-refractivity contribution is 7.99. The predicted molar refractivity (Wildman–Crippen MR) is 88.2 cm³/mol. The Morgan fingerprint density at radius 1 is 1.17 bits per heavy atom. The SMILES string of the molecule is COC(=O)c1cccc(NC(=O)CCSc2ccccc2F)c1. The number of hydrogen-bond acceptors (Lipinski definition) is 4. The molecule has 0 aromatic heterocycles. The van der Waals surface area contributed by atoms with E-state index in [-0.39, 0.29) is 18.1 Å². The van der Waals surface area contributed by atoms with Gasteiger partial charge in [0.2, 0.25) is 5.91 Å². The molecule has 0 aliphatic rings. The number of nitrogens with one attached hydrogen (secondary N) is 1. The van der Waals surface area contributed by atoms with E-state index in [1.165, 1.54) is 24.9 Å². The first-order valence-corrected chi connectivity index (χ1v) is 7.94. The van der Waals surface area contributed by atoms with E-state index >= 15 is 0 Å². The summed E-state index contributed by atoms with van der Waals surface area (Å²) in [6, 6.07) is 13.0. The zero-order valence-electron chi connectivity index (χ0n) is 12.5. The molecule has 120 valence electrons. The summed E-state index contributed by atoms with van der Waals surface area (Å²) >= 11 is 1.29. The summed E-state index contributed by atoms with van der Waals surface area (Å²) in [6.07, 6.45) is 0.238. The minimum Gasteiger partial charge on any atom is -0.465 e. The lowest BCUT2D eigenvalue weighted by atomic mass is 10.2. The van der Waals surface area contributed by atoms with Crippen LogP contribution in [0.3, 0.4) is 0 Å². The van der Waals surface area contributed by atoms with Gasteiger partial charge in [0.05, 0.1) is 12.7 Å². The fourth-order valence-electron chi connectivity index (χ4n) is 1.88. The molecule has 1 amide bonds. The Balaban J connectivity index is 1.85. The smallest absolute Gasteiger partial charge is 0.337 e. The van der Waals surface area contributed by atoms with Gasteiger partial charge < -0.3 is 10.1 Å². The zero-order valence-corrected chi connectivity index (χ0v) is 13.4.